The SMILES string of the molecule is C=C.C=CN=C1CC=C([C@@H](NC(=O)COC)c2cncn2C)c2cc(Cl)ccc2C1.CC.O=C(OC1CCCCC1)N1CCNCC1. The zero-order chi connectivity index (χ0) is 34.6. The number of allylic oxidation sites excluding steroid dienone is 1. The molecule has 3 aliphatic rings. The Bertz CT molecular complexity index is 1330. The highest BCUT2D eigenvalue weighted by Crippen LogP contribution is 2.36. The second-order valence-corrected chi connectivity index (χ2v) is 11.4. The number of methoxy groups -OCH3 is 1. The summed E-state index contributed by atoms with van der Waals surface area (Å²) in [6.07, 6.45) is 14.4. The highest BCUT2D eigenvalue weighted by atomic mass is 35.5. The molecular formula is C36H53ClN6O4. The lowest BCUT2D eigenvalue weighted by Crippen LogP contribution is -2.47. The number of fused-ring (bicyclic) bond motifs is 1. The van der Waals surface area contributed by atoms with Gasteiger partial charge >= 0.3 is 6.09 Å². The van der Waals surface area contributed by atoms with Crippen molar-refractivity contribution in [2.75, 3.05) is 39.9 Å². The largest absolute Gasteiger partial charge is 0.446 e. The van der Waals surface area contributed by atoms with Crippen molar-refractivity contribution in [3.8, 4) is 0 Å². The first-order valence-electron chi connectivity index (χ1n) is 16.5. The highest BCUT2D eigenvalue weighted by molar-refractivity contribution is 6.30. The molecule has 2 aliphatic carbocycles. The van der Waals surface area contributed by atoms with E-state index in [0.717, 1.165) is 67.1 Å². The summed E-state index contributed by atoms with van der Waals surface area (Å²) in [4.78, 5) is 34.6. The van der Waals surface area contributed by atoms with Crippen molar-refractivity contribution in [3.05, 3.63) is 84.6 Å². The van der Waals surface area contributed by atoms with E-state index >= 15 is 0 Å². The third-order valence-electron chi connectivity index (χ3n) is 7.85. The minimum atomic E-state index is -0.393. The average Bonchev–Trinajstić information content (AvgIpc) is 3.45. The molecule has 2 heterocycles. The molecule has 258 valence electrons. The van der Waals surface area contributed by atoms with E-state index in [1.165, 1.54) is 26.4 Å². The van der Waals surface area contributed by atoms with Crippen molar-refractivity contribution in [2.24, 2.45) is 12.0 Å². The Hall–Kier alpha value is -3.73. The molecule has 47 heavy (non-hydrogen) atoms. The van der Waals surface area contributed by atoms with Gasteiger partial charge in [0.2, 0.25) is 5.91 Å². The molecule has 1 saturated heterocycles. The van der Waals surface area contributed by atoms with Crippen LogP contribution in [0, 0.1) is 0 Å². The molecule has 0 spiro atoms. The van der Waals surface area contributed by atoms with Crippen molar-refractivity contribution in [3.63, 3.8) is 0 Å². The highest BCUT2D eigenvalue weighted by Gasteiger charge is 2.27. The van der Waals surface area contributed by atoms with Crippen molar-refractivity contribution >= 4 is 34.9 Å². The van der Waals surface area contributed by atoms with Crippen LogP contribution in [-0.4, -0.2) is 78.2 Å². The maximum Gasteiger partial charge on any atom is 0.410 e. The normalized spacial score (nSPS) is 17.4. The Morgan fingerprint density at radius 3 is 2.51 bits per heavy atom. The molecule has 0 radical (unpaired) electrons. The number of nitrogens with zero attached hydrogens (tertiary/aromatic N) is 4. The van der Waals surface area contributed by atoms with E-state index in [1.54, 1.807) is 18.7 Å². The zero-order valence-corrected chi connectivity index (χ0v) is 29.4. The lowest BCUT2D eigenvalue weighted by Gasteiger charge is -2.29. The van der Waals surface area contributed by atoms with E-state index in [2.05, 4.69) is 46.4 Å². The smallest absolute Gasteiger partial charge is 0.410 e. The third kappa shape index (κ3) is 12.4. The quantitative estimate of drug-likeness (QED) is 0.319. The van der Waals surface area contributed by atoms with Gasteiger partial charge in [0, 0.05) is 70.1 Å². The van der Waals surface area contributed by atoms with Gasteiger partial charge in [-0.1, -0.05) is 50.6 Å². The molecule has 1 aliphatic heterocycles. The number of aryl methyl sites for hydroxylation is 1. The third-order valence-corrected chi connectivity index (χ3v) is 8.08. The van der Waals surface area contributed by atoms with Crippen LogP contribution in [-0.2, 0) is 27.7 Å². The van der Waals surface area contributed by atoms with Crippen molar-refractivity contribution in [2.45, 2.75) is 70.9 Å². The van der Waals surface area contributed by atoms with E-state index in [9.17, 15) is 9.59 Å². The van der Waals surface area contributed by atoms with Crippen LogP contribution < -0.4 is 10.6 Å². The van der Waals surface area contributed by atoms with Gasteiger partial charge in [-0.2, -0.15) is 0 Å². The number of piperazine rings is 1. The standard InChI is InChI=1S/C21H23ClN4O2.C11H20N2O2.C2H6.C2H4/c1-4-24-16-7-8-17(18-10-15(22)6-5-14(18)9-16)21(25-20(27)12-28-3)19-11-23-13-26(19)2;14-11(13-8-6-12-7-9-13)15-10-4-2-1-3-5-10;2*1-2/h4-6,8,10-11,13,21H,1,7,9,12H2,2-3H3,(H,25,27);10,12H,1-9H2;1-2H3;1-2H2/t21-;;;/m1.../s1. The lowest BCUT2D eigenvalue weighted by atomic mass is 9.92. The van der Waals surface area contributed by atoms with Crippen LogP contribution >= 0.6 is 11.6 Å². The first-order valence-corrected chi connectivity index (χ1v) is 16.8. The van der Waals surface area contributed by atoms with Gasteiger partial charge in [0.05, 0.1) is 24.3 Å². The van der Waals surface area contributed by atoms with Crippen molar-refractivity contribution < 1.29 is 19.1 Å². The molecule has 1 saturated carbocycles. The average molecular weight is 669 g/mol. The van der Waals surface area contributed by atoms with Crippen LogP contribution in [0.4, 0.5) is 4.79 Å². The van der Waals surface area contributed by atoms with E-state index in [0.29, 0.717) is 17.9 Å². The predicted octanol–water partition coefficient (Wildman–Crippen LogP) is 6.68. The fraction of sp³-hybridized carbons (Fsp3) is 0.500. The summed E-state index contributed by atoms with van der Waals surface area (Å²) in [6.45, 7) is 17.0. The summed E-state index contributed by atoms with van der Waals surface area (Å²) in [7, 11) is 3.40. The van der Waals surface area contributed by atoms with Gasteiger partial charge < -0.3 is 29.6 Å². The first-order chi connectivity index (χ1) is 22.9. The molecule has 0 bridgehead atoms. The summed E-state index contributed by atoms with van der Waals surface area (Å²) in [5, 5.41) is 6.93. The molecule has 1 atom stereocenters. The zero-order valence-electron chi connectivity index (χ0n) is 28.6. The number of imidazole rings is 1. The number of nitrogens with one attached hydrogen (secondary N) is 2. The van der Waals surface area contributed by atoms with Crippen LogP contribution in [0.3, 0.4) is 0 Å². The van der Waals surface area contributed by atoms with Gasteiger partial charge in [-0.25, -0.2) is 9.78 Å². The van der Waals surface area contributed by atoms with E-state index in [-0.39, 0.29) is 24.7 Å². The molecule has 0 unspecified atom stereocenters. The lowest BCUT2D eigenvalue weighted by molar-refractivity contribution is -0.125. The van der Waals surface area contributed by atoms with Crippen LogP contribution in [0.25, 0.3) is 5.57 Å². The number of carbonyl (C=O) groups is 2. The maximum atomic E-state index is 12.4. The minimum Gasteiger partial charge on any atom is -0.446 e. The number of aromatic nitrogens is 2. The summed E-state index contributed by atoms with van der Waals surface area (Å²) >= 11 is 6.31. The Morgan fingerprint density at radius 2 is 1.89 bits per heavy atom. The Labute approximate surface area is 286 Å². The van der Waals surface area contributed by atoms with Gasteiger partial charge in [0.25, 0.3) is 0 Å². The number of halogens is 1. The molecule has 2 N–H and O–H groups in total. The first kappa shape index (κ1) is 39.4. The number of benzene rings is 1. The second kappa shape index (κ2) is 22.0. The Balaban J connectivity index is 0.000000340. The van der Waals surface area contributed by atoms with E-state index < -0.39 is 6.04 Å². The molecule has 2 aromatic rings. The van der Waals surface area contributed by atoms with Crippen molar-refractivity contribution in [1.29, 1.82) is 0 Å². The molecule has 5 rings (SSSR count). The summed E-state index contributed by atoms with van der Waals surface area (Å²) in [5.74, 6) is -0.206. The molecule has 1 aromatic heterocycles. The molecule has 2 fully saturated rings. The minimum absolute atomic E-state index is 0.0206. The Morgan fingerprint density at radius 1 is 1.19 bits per heavy atom. The number of amides is 2. The number of hydrogen-bond donors (Lipinski definition) is 2. The fourth-order valence-corrected chi connectivity index (χ4v) is 5.81. The predicted molar refractivity (Wildman–Crippen MR) is 192 cm³/mol. The molecule has 10 nitrogen and oxygen atoms in total. The van der Waals surface area contributed by atoms with Gasteiger partial charge in [0.15, 0.2) is 0 Å². The summed E-state index contributed by atoms with van der Waals surface area (Å²) in [5.41, 5.74) is 4.92. The van der Waals surface area contributed by atoms with Gasteiger partial charge in [-0.05, 0) is 54.5 Å². The van der Waals surface area contributed by atoms with E-state index in [1.807, 2.05) is 48.6 Å². The number of hydrogen-bond acceptors (Lipinski definition) is 7. The number of carbonyl (C=O) groups excluding carboxylic acids is 2. The summed E-state index contributed by atoms with van der Waals surface area (Å²) in [6, 6.07) is 5.42. The number of rotatable bonds is 7. The molecule has 11 heteroatoms. The van der Waals surface area contributed by atoms with Crippen LogP contribution in [0.1, 0.15) is 75.2 Å². The summed E-state index contributed by atoms with van der Waals surface area (Å²) < 4.78 is 12.4. The molecule has 2 amide bonds. The molecule has 1 aromatic carbocycles. The van der Waals surface area contributed by atoms with Crippen molar-refractivity contribution in [1.82, 2.24) is 25.1 Å². The van der Waals surface area contributed by atoms with E-state index in [4.69, 9.17) is 21.1 Å². The molecular weight excluding hydrogens is 616 g/mol. The van der Waals surface area contributed by atoms with Crippen LogP contribution in [0.2, 0.25) is 5.02 Å². The number of aliphatic imine (C=N–C) groups is 1. The van der Waals surface area contributed by atoms with Gasteiger partial charge in [-0.15, -0.1) is 13.2 Å². The monoisotopic (exact) mass is 668 g/mol. The maximum absolute atomic E-state index is 12.4. The van der Waals surface area contributed by atoms with Gasteiger partial charge in [-0.3, -0.25) is 9.79 Å². The fourth-order valence-electron chi connectivity index (χ4n) is 5.64. The topological polar surface area (TPSA) is 110 Å². The number of ether oxygens (including phenoxy) is 2. The van der Waals surface area contributed by atoms with Crippen LogP contribution in [0.5, 0.6) is 0 Å². The van der Waals surface area contributed by atoms with Crippen LogP contribution in [0.15, 0.2) is 67.7 Å². The Kier molecular flexibility index (Phi) is 18.4. The second-order valence-electron chi connectivity index (χ2n) is 11.0. The van der Waals surface area contributed by atoms with Gasteiger partial charge in [0.1, 0.15) is 12.7 Å².